The SMILES string of the molecule is CCCN(/N=C(\C)c1cc(Cl)ccc1NC)c1ccc(C(F)(F)F)cc1. The molecule has 2 rings (SSSR count). The summed E-state index contributed by atoms with van der Waals surface area (Å²) < 4.78 is 38.3. The molecule has 0 aliphatic rings. The molecule has 0 saturated carbocycles. The van der Waals surface area contributed by atoms with E-state index in [-0.39, 0.29) is 0 Å². The molecule has 0 atom stereocenters. The number of nitrogens with zero attached hydrogens (tertiary/aromatic N) is 2. The highest BCUT2D eigenvalue weighted by molar-refractivity contribution is 6.31. The van der Waals surface area contributed by atoms with Gasteiger partial charge in [0.15, 0.2) is 0 Å². The zero-order chi connectivity index (χ0) is 19.3. The summed E-state index contributed by atoms with van der Waals surface area (Å²) in [6.45, 7) is 4.41. The lowest BCUT2D eigenvalue weighted by Gasteiger charge is -2.21. The van der Waals surface area contributed by atoms with Crippen LogP contribution in [0.4, 0.5) is 24.5 Å². The first-order valence-corrected chi connectivity index (χ1v) is 8.61. The lowest BCUT2D eigenvalue weighted by atomic mass is 10.1. The molecule has 0 radical (unpaired) electrons. The van der Waals surface area contributed by atoms with Crippen molar-refractivity contribution in [1.82, 2.24) is 0 Å². The molecule has 0 aromatic heterocycles. The second-order valence-corrected chi connectivity index (χ2v) is 6.23. The van der Waals surface area contributed by atoms with E-state index in [4.69, 9.17) is 11.6 Å². The molecule has 26 heavy (non-hydrogen) atoms. The lowest BCUT2D eigenvalue weighted by molar-refractivity contribution is -0.137. The van der Waals surface area contributed by atoms with Crippen LogP contribution in [0.25, 0.3) is 0 Å². The molecular weight excluding hydrogens is 363 g/mol. The normalized spacial score (nSPS) is 12.2. The standard InChI is InChI=1S/C19H21ClF3N3/c1-4-11-26(16-8-5-14(6-9-16)19(21,22)23)25-13(2)17-12-15(20)7-10-18(17)24-3/h5-10,12,24H,4,11H2,1-3H3/b25-13+. The van der Waals surface area contributed by atoms with E-state index in [1.54, 1.807) is 18.1 Å². The van der Waals surface area contributed by atoms with Crippen molar-refractivity contribution in [3.63, 3.8) is 0 Å². The maximum Gasteiger partial charge on any atom is 0.416 e. The summed E-state index contributed by atoms with van der Waals surface area (Å²) in [5, 5.41) is 10.0. The molecule has 2 aromatic rings. The fourth-order valence-electron chi connectivity index (χ4n) is 2.54. The smallest absolute Gasteiger partial charge is 0.388 e. The Bertz CT molecular complexity index is 771. The quantitative estimate of drug-likeness (QED) is 0.486. The van der Waals surface area contributed by atoms with Crippen LogP contribution in [-0.2, 0) is 6.18 Å². The van der Waals surface area contributed by atoms with Gasteiger partial charge in [-0.1, -0.05) is 18.5 Å². The fourth-order valence-corrected chi connectivity index (χ4v) is 2.71. The maximum atomic E-state index is 12.8. The zero-order valence-corrected chi connectivity index (χ0v) is 15.6. The molecule has 0 aliphatic heterocycles. The molecule has 0 unspecified atom stereocenters. The van der Waals surface area contributed by atoms with Gasteiger partial charge >= 0.3 is 6.18 Å². The second kappa shape index (κ2) is 8.45. The van der Waals surface area contributed by atoms with Gasteiger partial charge in [-0.15, -0.1) is 0 Å². The summed E-state index contributed by atoms with van der Waals surface area (Å²) >= 11 is 6.09. The maximum absolute atomic E-state index is 12.8. The van der Waals surface area contributed by atoms with E-state index in [2.05, 4.69) is 10.4 Å². The van der Waals surface area contributed by atoms with Gasteiger partial charge in [-0.2, -0.15) is 18.3 Å². The van der Waals surface area contributed by atoms with Crippen LogP contribution in [0.1, 0.15) is 31.4 Å². The molecule has 3 nitrogen and oxygen atoms in total. The Balaban J connectivity index is 2.38. The largest absolute Gasteiger partial charge is 0.416 e. The fraction of sp³-hybridized carbons (Fsp3) is 0.316. The molecule has 0 heterocycles. The third-order valence-electron chi connectivity index (χ3n) is 3.84. The van der Waals surface area contributed by atoms with Crippen molar-refractivity contribution in [3.05, 3.63) is 58.6 Å². The van der Waals surface area contributed by atoms with E-state index in [1.807, 2.05) is 26.0 Å². The number of rotatable bonds is 6. The van der Waals surface area contributed by atoms with Crippen molar-refractivity contribution in [3.8, 4) is 0 Å². The van der Waals surface area contributed by atoms with E-state index in [0.717, 1.165) is 29.8 Å². The van der Waals surface area contributed by atoms with Gasteiger partial charge in [0.2, 0.25) is 0 Å². The Labute approximate surface area is 156 Å². The zero-order valence-electron chi connectivity index (χ0n) is 14.9. The van der Waals surface area contributed by atoms with Crippen LogP contribution in [0.15, 0.2) is 47.6 Å². The second-order valence-electron chi connectivity index (χ2n) is 5.79. The van der Waals surface area contributed by atoms with Crippen LogP contribution in [-0.4, -0.2) is 19.3 Å². The predicted molar refractivity (Wildman–Crippen MR) is 102 cm³/mol. The summed E-state index contributed by atoms with van der Waals surface area (Å²) in [6.07, 6.45) is -3.55. The van der Waals surface area contributed by atoms with E-state index in [0.29, 0.717) is 23.0 Å². The van der Waals surface area contributed by atoms with Gasteiger partial charge in [0, 0.05) is 29.9 Å². The summed E-state index contributed by atoms with van der Waals surface area (Å²) in [5.41, 5.74) is 2.36. The monoisotopic (exact) mass is 383 g/mol. The Morgan fingerprint density at radius 3 is 2.35 bits per heavy atom. The molecule has 0 amide bonds. The van der Waals surface area contributed by atoms with Gasteiger partial charge in [-0.3, -0.25) is 5.01 Å². The highest BCUT2D eigenvalue weighted by Crippen LogP contribution is 2.31. The molecular formula is C19H21ClF3N3. The van der Waals surface area contributed by atoms with E-state index < -0.39 is 11.7 Å². The molecule has 7 heteroatoms. The highest BCUT2D eigenvalue weighted by Gasteiger charge is 2.30. The minimum Gasteiger partial charge on any atom is -0.388 e. The Morgan fingerprint density at radius 1 is 1.15 bits per heavy atom. The van der Waals surface area contributed by atoms with Crippen molar-refractivity contribution < 1.29 is 13.2 Å². The third-order valence-corrected chi connectivity index (χ3v) is 4.07. The number of hydrogen-bond acceptors (Lipinski definition) is 3. The number of hydrazone groups is 1. The topological polar surface area (TPSA) is 27.6 Å². The summed E-state index contributed by atoms with van der Waals surface area (Å²) in [4.78, 5) is 0. The van der Waals surface area contributed by atoms with Gasteiger partial charge < -0.3 is 5.32 Å². The van der Waals surface area contributed by atoms with Crippen LogP contribution < -0.4 is 10.3 Å². The van der Waals surface area contributed by atoms with E-state index >= 15 is 0 Å². The predicted octanol–water partition coefficient (Wildman–Crippen LogP) is 6.04. The lowest BCUT2D eigenvalue weighted by Crippen LogP contribution is -2.20. The number of nitrogens with one attached hydrogen (secondary N) is 1. The van der Waals surface area contributed by atoms with Crippen LogP contribution in [0, 0.1) is 0 Å². The molecule has 1 N–H and O–H groups in total. The van der Waals surface area contributed by atoms with Gasteiger partial charge in [-0.25, -0.2) is 0 Å². The summed E-state index contributed by atoms with van der Waals surface area (Å²) in [5.74, 6) is 0. The van der Waals surface area contributed by atoms with Gasteiger partial charge in [0.1, 0.15) is 0 Å². The van der Waals surface area contributed by atoms with Crippen molar-refractivity contribution in [2.45, 2.75) is 26.4 Å². The molecule has 0 spiro atoms. The van der Waals surface area contributed by atoms with Gasteiger partial charge in [0.25, 0.3) is 0 Å². The Morgan fingerprint density at radius 2 is 1.81 bits per heavy atom. The molecule has 0 aliphatic carbocycles. The van der Waals surface area contributed by atoms with E-state index in [9.17, 15) is 13.2 Å². The Hall–Kier alpha value is -2.21. The van der Waals surface area contributed by atoms with Gasteiger partial charge in [-0.05, 0) is 55.8 Å². The minimum atomic E-state index is -4.35. The average molecular weight is 384 g/mol. The molecule has 2 aromatic carbocycles. The van der Waals surface area contributed by atoms with Crippen LogP contribution in [0.5, 0.6) is 0 Å². The average Bonchev–Trinajstić information content (AvgIpc) is 2.60. The highest BCUT2D eigenvalue weighted by atomic mass is 35.5. The number of anilines is 2. The first kappa shape index (κ1) is 20.1. The van der Waals surface area contributed by atoms with Crippen LogP contribution >= 0.6 is 11.6 Å². The molecule has 0 fully saturated rings. The van der Waals surface area contributed by atoms with Crippen molar-refractivity contribution >= 4 is 28.7 Å². The van der Waals surface area contributed by atoms with E-state index in [1.165, 1.54) is 12.1 Å². The first-order valence-electron chi connectivity index (χ1n) is 8.24. The van der Waals surface area contributed by atoms with Crippen molar-refractivity contribution in [2.75, 3.05) is 23.9 Å². The summed E-state index contributed by atoms with van der Waals surface area (Å²) in [6, 6.07) is 10.5. The molecule has 0 saturated heterocycles. The number of hydrogen-bond donors (Lipinski definition) is 1. The first-order chi connectivity index (χ1) is 12.3. The van der Waals surface area contributed by atoms with Crippen LogP contribution in [0.3, 0.4) is 0 Å². The summed E-state index contributed by atoms with van der Waals surface area (Å²) in [7, 11) is 1.81. The van der Waals surface area contributed by atoms with Crippen LogP contribution in [0.2, 0.25) is 5.02 Å². The molecule has 140 valence electrons. The molecule has 0 bridgehead atoms. The van der Waals surface area contributed by atoms with Crippen molar-refractivity contribution in [1.29, 1.82) is 0 Å². The van der Waals surface area contributed by atoms with Gasteiger partial charge in [0.05, 0.1) is 17.0 Å². The number of alkyl halides is 3. The Kier molecular flexibility index (Phi) is 6.53. The number of benzene rings is 2. The third kappa shape index (κ3) is 4.91. The number of halogens is 4. The van der Waals surface area contributed by atoms with Crippen molar-refractivity contribution in [2.24, 2.45) is 5.10 Å². The minimum absolute atomic E-state index is 0.582.